The third-order valence-corrected chi connectivity index (χ3v) is 3.06. The maximum atomic E-state index is 5.17. The van der Waals surface area contributed by atoms with Crippen molar-refractivity contribution in [2.75, 3.05) is 12.4 Å². The van der Waals surface area contributed by atoms with Crippen molar-refractivity contribution in [3.63, 3.8) is 0 Å². The molecule has 0 aliphatic carbocycles. The van der Waals surface area contributed by atoms with Gasteiger partial charge in [0.2, 0.25) is 0 Å². The van der Waals surface area contributed by atoms with E-state index in [0.29, 0.717) is 18.1 Å². The Labute approximate surface area is 128 Å². The first-order valence-electron chi connectivity index (χ1n) is 6.80. The van der Waals surface area contributed by atoms with Crippen LogP contribution >= 0.6 is 0 Å². The molecule has 6 nitrogen and oxygen atoms in total. The van der Waals surface area contributed by atoms with Crippen molar-refractivity contribution in [3.05, 3.63) is 60.8 Å². The minimum absolute atomic E-state index is 0.600. The highest BCUT2D eigenvalue weighted by Crippen LogP contribution is 2.20. The lowest BCUT2D eigenvalue weighted by Crippen LogP contribution is -2.03. The van der Waals surface area contributed by atoms with Gasteiger partial charge in [0, 0.05) is 36.9 Å². The number of aromatic nitrogens is 4. The molecule has 6 heteroatoms. The molecule has 0 radical (unpaired) electrons. The summed E-state index contributed by atoms with van der Waals surface area (Å²) >= 11 is 0. The van der Waals surface area contributed by atoms with Crippen LogP contribution in [0.3, 0.4) is 0 Å². The van der Waals surface area contributed by atoms with E-state index in [1.54, 1.807) is 31.9 Å². The Bertz CT molecular complexity index is 748. The van der Waals surface area contributed by atoms with Crippen molar-refractivity contribution in [2.24, 2.45) is 0 Å². The van der Waals surface area contributed by atoms with Gasteiger partial charge in [0.15, 0.2) is 5.82 Å². The molecule has 0 unspecified atom stereocenters. The molecule has 0 amide bonds. The average Bonchev–Trinajstić information content (AvgIpc) is 2.61. The Morgan fingerprint density at radius 3 is 2.86 bits per heavy atom. The summed E-state index contributed by atoms with van der Waals surface area (Å²) < 4.78 is 5.17. The molecule has 0 aliphatic rings. The first-order valence-corrected chi connectivity index (χ1v) is 6.80. The van der Waals surface area contributed by atoms with Crippen molar-refractivity contribution in [1.82, 2.24) is 19.9 Å². The number of methoxy groups -OCH3 is 1. The smallest absolute Gasteiger partial charge is 0.163 e. The molecule has 0 spiro atoms. The fraction of sp³-hybridized carbons (Fsp3) is 0.125. The molecule has 0 bridgehead atoms. The highest BCUT2D eigenvalue weighted by Gasteiger charge is 2.05. The molecule has 0 saturated heterocycles. The fourth-order valence-corrected chi connectivity index (χ4v) is 1.94. The lowest BCUT2D eigenvalue weighted by molar-refractivity contribution is 0.413. The molecule has 3 heterocycles. The van der Waals surface area contributed by atoms with Crippen molar-refractivity contribution in [1.29, 1.82) is 0 Å². The molecular formula is C16H15N5O. The monoisotopic (exact) mass is 293 g/mol. The van der Waals surface area contributed by atoms with Gasteiger partial charge in [-0.15, -0.1) is 0 Å². The molecule has 22 heavy (non-hydrogen) atoms. The number of ether oxygens (including phenoxy) is 1. The molecule has 3 aromatic heterocycles. The Morgan fingerprint density at radius 2 is 2.05 bits per heavy atom. The van der Waals surface area contributed by atoms with Gasteiger partial charge < -0.3 is 10.1 Å². The van der Waals surface area contributed by atoms with E-state index in [4.69, 9.17) is 4.74 Å². The van der Waals surface area contributed by atoms with Gasteiger partial charge in [-0.25, -0.2) is 9.97 Å². The van der Waals surface area contributed by atoms with E-state index in [1.165, 1.54) is 0 Å². The van der Waals surface area contributed by atoms with Crippen molar-refractivity contribution >= 4 is 5.82 Å². The van der Waals surface area contributed by atoms with E-state index in [1.807, 2.05) is 30.5 Å². The van der Waals surface area contributed by atoms with Crippen molar-refractivity contribution in [3.8, 4) is 17.1 Å². The molecule has 0 fully saturated rings. The molecule has 0 aromatic carbocycles. The van der Waals surface area contributed by atoms with Gasteiger partial charge in [-0.3, -0.25) is 9.97 Å². The summed E-state index contributed by atoms with van der Waals surface area (Å²) in [6.07, 6.45) is 8.65. The van der Waals surface area contributed by atoms with Gasteiger partial charge in [-0.05, 0) is 23.8 Å². The van der Waals surface area contributed by atoms with E-state index in [0.717, 1.165) is 16.9 Å². The lowest BCUT2D eigenvalue weighted by Gasteiger charge is -2.07. The molecule has 0 saturated carbocycles. The van der Waals surface area contributed by atoms with E-state index in [-0.39, 0.29) is 0 Å². The summed E-state index contributed by atoms with van der Waals surface area (Å²) in [5.74, 6) is 2.02. The Hall–Kier alpha value is -3.02. The minimum atomic E-state index is 0.600. The van der Waals surface area contributed by atoms with Crippen LogP contribution in [0.25, 0.3) is 11.4 Å². The molecule has 1 N–H and O–H groups in total. The summed E-state index contributed by atoms with van der Waals surface area (Å²) in [6.45, 7) is 0.653. The van der Waals surface area contributed by atoms with E-state index >= 15 is 0 Å². The molecular weight excluding hydrogens is 278 g/mol. The second-order valence-corrected chi connectivity index (χ2v) is 4.59. The summed E-state index contributed by atoms with van der Waals surface area (Å²) in [4.78, 5) is 17.0. The van der Waals surface area contributed by atoms with Crippen molar-refractivity contribution in [2.45, 2.75) is 6.54 Å². The first kappa shape index (κ1) is 13.9. The van der Waals surface area contributed by atoms with Gasteiger partial charge in [-0.1, -0.05) is 6.07 Å². The summed E-state index contributed by atoms with van der Waals surface area (Å²) in [7, 11) is 1.60. The zero-order valence-corrected chi connectivity index (χ0v) is 12.1. The standard InChI is InChI=1S/C16H15N5O/c1-22-14-7-13(10-18-11-14)16-19-6-4-15(21-16)20-9-12-3-2-5-17-8-12/h2-8,10-11H,9H2,1H3,(H,19,20,21). The number of hydrogen-bond acceptors (Lipinski definition) is 6. The molecule has 3 rings (SSSR count). The molecule has 0 atom stereocenters. The van der Waals surface area contributed by atoms with E-state index in [9.17, 15) is 0 Å². The third-order valence-electron chi connectivity index (χ3n) is 3.06. The SMILES string of the molecule is COc1cncc(-c2nccc(NCc3cccnc3)n2)c1. The first-order chi connectivity index (χ1) is 10.8. The van der Waals surface area contributed by atoms with Gasteiger partial charge >= 0.3 is 0 Å². The Balaban J connectivity index is 1.77. The van der Waals surface area contributed by atoms with Crippen LogP contribution in [0.5, 0.6) is 5.75 Å². The highest BCUT2D eigenvalue weighted by atomic mass is 16.5. The average molecular weight is 293 g/mol. The number of pyridine rings is 2. The second kappa shape index (κ2) is 6.62. The number of nitrogens with one attached hydrogen (secondary N) is 1. The molecule has 0 aliphatic heterocycles. The topological polar surface area (TPSA) is 72.8 Å². The van der Waals surface area contributed by atoms with Gasteiger partial charge in [0.25, 0.3) is 0 Å². The van der Waals surface area contributed by atoms with Crippen LogP contribution in [-0.4, -0.2) is 27.0 Å². The number of anilines is 1. The summed E-state index contributed by atoms with van der Waals surface area (Å²) in [6, 6.07) is 7.60. The zero-order valence-electron chi connectivity index (χ0n) is 12.1. The molecule has 110 valence electrons. The summed E-state index contributed by atoms with van der Waals surface area (Å²) in [5.41, 5.74) is 1.90. The van der Waals surface area contributed by atoms with Crippen LogP contribution in [0, 0.1) is 0 Å². The van der Waals surface area contributed by atoms with Crippen LogP contribution in [0.2, 0.25) is 0 Å². The molecule has 3 aromatic rings. The van der Waals surface area contributed by atoms with Crippen LogP contribution in [-0.2, 0) is 6.54 Å². The maximum Gasteiger partial charge on any atom is 0.163 e. The predicted molar refractivity (Wildman–Crippen MR) is 83.4 cm³/mol. The van der Waals surface area contributed by atoms with Crippen LogP contribution in [0.15, 0.2) is 55.2 Å². The fourth-order valence-electron chi connectivity index (χ4n) is 1.94. The summed E-state index contributed by atoms with van der Waals surface area (Å²) in [5, 5.41) is 3.26. The van der Waals surface area contributed by atoms with Crippen LogP contribution in [0.4, 0.5) is 5.82 Å². The number of hydrogen-bond donors (Lipinski definition) is 1. The van der Waals surface area contributed by atoms with Crippen molar-refractivity contribution < 1.29 is 4.74 Å². The van der Waals surface area contributed by atoms with Crippen LogP contribution < -0.4 is 10.1 Å². The second-order valence-electron chi connectivity index (χ2n) is 4.59. The Kier molecular flexibility index (Phi) is 4.20. The maximum absolute atomic E-state index is 5.17. The van der Waals surface area contributed by atoms with Gasteiger partial charge in [0.1, 0.15) is 11.6 Å². The van der Waals surface area contributed by atoms with Crippen LogP contribution in [0.1, 0.15) is 5.56 Å². The van der Waals surface area contributed by atoms with Gasteiger partial charge in [0.05, 0.1) is 13.3 Å². The number of nitrogens with zero attached hydrogens (tertiary/aromatic N) is 4. The third kappa shape index (κ3) is 3.35. The highest BCUT2D eigenvalue weighted by molar-refractivity contribution is 5.57. The lowest BCUT2D eigenvalue weighted by atomic mass is 10.2. The van der Waals surface area contributed by atoms with E-state index in [2.05, 4.69) is 25.3 Å². The normalized spacial score (nSPS) is 10.2. The minimum Gasteiger partial charge on any atom is -0.495 e. The van der Waals surface area contributed by atoms with E-state index < -0.39 is 0 Å². The van der Waals surface area contributed by atoms with Gasteiger partial charge in [-0.2, -0.15) is 0 Å². The largest absolute Gasteiger partial charge is 0.495 e. The Morgan fingerprint density at radius 1 is 1.09 bits per heavy atom. The predicted octanol–water partition coefficient (Wildman–Crippen LogP) is 2.55. The zero-order chi connectivity index (χ0) is 15.2. The quantitative estimate of drug-likeness (QED) is 0.779. The number of rotatable bonds is 5.